The maximum atomic E-state index is 13.6. The molecule has 2 atom stereocenters. The standard InChI is InChI=1S/C27H33N3O5/c1-26(2,28)25(33)29-21(17-34-16-19-9-4-3-5-10-19)24(32)30-14-8-13-27(18-30)15-22(31)20-11-6-7-12-23(20)35-27/h3-7,9-12,21H,8,13-18,28H2,1-2H3,(H,29,33)/t21-,27?/m1/s1. The highest BCUT2D eigenvalue weighted by atomic mass is 16.5. The van der Waals surface area contributed by atoms with E-state index >= 15 is 0 Å². The minimum absolute atomic E-state index is 0.00166. The van der Waals surface area contributed by atoms with Gasteiger partial charge in [-0.05, 0) is 44.4 Å². The number of para-hydroxylation sites is 1. The van der Waals surface area contributed by atoms with Gasteiger partial charge in [0.1, 0.15) is 17.4 Å². The summed E-state index contributed by atoms with van der Waals surface area (Å²) in [5, 5.41) is 2.77. The number of rotatable bonds is 7. The van der Waals surface area contributed by atoms with Crippen LogP contribution >= 0.6 is 0 Å². The molecule has 0 saturated carbocycles. The molecule has 4 rings (SSSR count). The highest BCUT2D eigenvalue weighted by Crippen LogP contribution is 2.38. The fourth-order valence-electron chi connectivity index (χ4n) is 4.57. The second-order valence-electron chi connectivity index (χ2n) is 9.99. The Morgan fingerprint density at radius 1 is 1.17 bits per heavy atom. The molecule has 186 valence electrons. The third-order valence-corrected chi connectivity index (χ3v) is 6.43. The summed E-state index contributed by atoms with van der Waals surface area (Å²) in [4.78, 5) is 40.7. The normalized spacial score (nSPS) is 20.7. The third-order valence-electron chi connectivity index (χ3n) is 6.43. The van der Waals surface area contributed by atoms with Gasteiger partial charge in [-0.15, -0.1) is 0 Å². The molecule has 0 bridgehead atoms. The summed E-state index contributed by atoms with van der Waals surface area (Å²) >= 11 is 0. The van der Waals surface area contributed by atoms with Gasteiger partial charge in [0, 0.05) is 6.54 Å². The monoisotopic (exact) mass is 479 g/mol. The van der Waals surface area contributed by atoms with Gasteiger partial charge in [0.15, 0.2) is 5.78 Å². The molecule has 35 heavy (non-hydrogen) atoms. The first-order chi connectivity index (χ1) is 16.7. The lowest BCUT2D eigenvalue weighted by Gasteiger charge is -2.45. The van der Waals surface area contributed by atoms with E-state index in [1.165, 1.54) is 0 Å². The van der Waals surface area contributed by atoms with Crippen LogP contribution in [0.4, 0.5) is 0 Å². The van der Waals surface area contributed by atoms with Crippen LogP contribution in [0.2, 0.25) is 0 Å². The number of ketones is 1. The zero-order chi connectivity index (χ0) is 25.1. The Labute approximate surface area is 205 Å². The molecule has 0 radical (unpaired) electrons. The number of carbonyl (C=O) groups is 3. The van der Waals surface area contributed by atoms with Gasteiger partial charge in [0.05, 0.1) is 37.3 Å². The summed E-state index contributed by atoms with van der Waals surface area (Å²) in [5.41, 5.74) is 5.58. The Kier molecular flexibility index (Phi) is 7.23. The van der Waals surface area contributed by atoms with Crippen molar-refractivity contribution in [2.75, 3.05) is 19.7 Å². The first-order valence-electron chi connectivity index (χ1n) is 12.0. The van der Waals surface area contributed by atoms with Gasteiger partial charge < -0.3 is 25.4 Å². The number of Topliss-reactive ketones (excluding diaryl/α,β-unsaturated/α-hetero) is 1. The number of ether oxygens (including phenoxy) is 2. The van der Waals surface area contributed by atoms with E-state index in [-0.39, 0.29) is 31.3 Å². The minimum Gasteiger partial charge on any atom is -0.484 e. The molecule has 1 spiro atoms. The molecule has 3 N–H and O–H groups in total. The Hall–Kier alpha value is -3.23. The Morgan fingerprint density at radius 2 is 1.89 bits per heavy atom. The average molecular weight is 480 g/mol. The first kappa shape index (κ1) is 24.9. The molecular formula is C27H33N3O5. The number of amides is 2. The lowest BCUT2D eigenvalue weighted by molar-refractivity contribution is -0.144. The number of nitrogens with one attached hydrogen (secondary N) is 1. The van der Waals surface area contributed by atoms with E-state index in [1.807, 2.05) is 42.5 Å². The van der Waals surface area contributed by atoms with Crippen molar-refractivity contribution in [1.29, 1.82) is 0 Å². The van der Waals surface area contributed by atoms with E-state index < -0.39 is 23.1 Å². The van der Waals surface area contributed by atoms with Crippen LogP contribution in [0.25, 0.3) is 0 Å². The third kappa shape index (κ3) is 5.89. The van der Waals surface area contributed by atoms with Crippen molar-refractivity contribution in [1.82, 2.24) is 10.2 Å². The van der Waals surface area contributed by atoms with Crippen LogP contribution in [-0.4, -0.2) is 59.4 Å². The highest BCUT2D eigenvalue weighted by Gasteiger charge is 2.45. The molecule has 2 aliphatic heterocycles. The van der Waals surface area contributed by atoms with Gasteiger partial charge in [0.2, 0.25) is 11.8 Å². The predicted octanol–water partition coefficient (Wildman–Crippen LogP) is 2.45. The second-order valence-corrected chi connectivity index (χ2v) is 9.99. The predicted molar refractivity (Wildman–Crippen MR) is 131 cm³/mol. The van der Waals surface area contributed by atoms with Gasteiger partial charge in [0.25, 0.3) is 0 Å². The van der Waals surface area contributed by atoms with Gasteiger partial charge >= 0.3 is 0 Å². The smallest absolute Gasteiger partial charge is 0.247 e. The van der Waals surface area contributed by atoms with E-state index in [9.17, 15) is 14.4 Å². The number of carbonyl (C=O) groups excluding carboxylic acids is 3. The van der Waals surface area contributed by atoms with E-state index in [4.69, 9.17) is 15.2 Å². The fourth-order valence-corrected chi connectivity index (χ4v) is 4.57. The SMILES string of the molecule is CC(C)(N)C(=O)N[C@H](COCc1ccccc1)C(=O)N1CCCC2(CC(=O)c3ccccc3O2)C1. The summed E-state index contributed by atoms with van der Waals surface area (Å²) in [7, 11) is 0. The van der Waals surface area contributed by atoms with E-state index in [1.54, 1.807) is 30.9 Å². The Morgan fingerprint density at radius 3 is 2.63 bits per heavy atom. The molecule has 8 heteroatoms. The molecule has 0 aliphatic carbocycles. The van der Waals surface area contributed by atoms with Gasteiger partial charge in [-0.1, -0.05) is 42.5 Å². The number of fused-ring (bicyclic) bond motifs is 1. The summed E-state index contributed by atoms with van der Waals surface area (Å²) in [6.07, 6.45) is 1.58. The van der Waals surface area contributed by atoms with Crippen molar-refractivity contribution in [2.45, 2.75) is 56.9 Å². The summed E-state index contributed by atoms with van der Waals surface area (Å²) in [6, 6.07) is 15.9. The van der Waals surface area contributed by atoms with E-state index in [0.717, 1.165) is 5.56 Å². The molecule has 1 fully saturated rings. The number of nitrogens with two attached hydrogens (primary N) is 1. The van der Waals surface area contributed by atoms with Crippen molar-refractivity contribution in [3.63, 3.8) is 0 Å². The second kappa shape index (κ2) is 10.2. The molecule has 2 aliphatic rings. The molecule has 1 unspecified atom stereocenters. The number of hydrogen-bond acceptors (Lipinski definition) is 6. The maximum absolute atomic E-state index is 13.6. The molecule has 8 nitrogen and oxygen atoms in total. The molecule has 1 saturated heterocycles. The van der Waals surface area contributed by atoms with E-state index in [0.29, 0.717) is 37.3 Å². The molecule has 2 aromatic rings. The van der Waals surface area contributed by atoms with Crippen molar-refractivity contribution in [2.24, 2.45) is 5.73 Å². The quantitative estimate of drug-likeness (QED) is 0.631. The topological polar surface area (TPSA) is 111 Å². The number of piperidine rings is 1. The van der Waals surface area contributed by atoms with Crippen LogP contribution in [0.15, 0.2) is 54.6 Å². The number of likely N-dealkylation sites (tertiary alicyclic amines) is 1. The Bertz CT molecular complexity index is 1080. The summed E-state index contributed by atoms with van der Waals surface area (Å²) in [6.45, 7) is 4.26. The molecule has 2 aromatic carbocycles. The maximum Gasteiger partial charge on any atom is 0.247 e. The lowest BCUT2D eigenvalue weighted by Crippen LogP contribution is -2.62. The highest BCUT2D eigenvalue weighted by molar-refractivity contribution is 6.00. The van der Waals surface area contributed by atoms with Crippen LogP contribution in [0.3, 0.4) is 0 Å². The Balaban J connectivity index is 1.48. The van der Waals surface area contributed by atoms with Crippen LogP contribution in [0, 0.1) is 0 Å². The van der Waals surface area contributed by atoms with Crippen molar-refractivity contribution >= 4 is 17.6 Å². The van der Waals surface area contributed by atoms with Crippen molar-refractivity contribution in [3.05, 3.63) is 65.7 Å². The van der Waals surface area contributed by atoms with Crippen molar-refractivity contribution < 1.29 is 23.9 Å². The van der Waals surface area contributed by atoms with Crippen LogP contribution in [0.1, 0.15) is 49.0 Å². The van der Waals surface area contributed by atoms with E-state index in [2.05, 4.69) is 5.32 Å². The number of benzene rings is 2. The largest absolute Gasteiger partial charge is 0.484 e. The average Bonchev–Trinajstić information content (AvgIpc) is 2.83. The molecular weight excluding hydrogens is 446 g/mol. The molecule has 2 amide bonds. The molecule has 2 heterocycles. The fraction of sp³-hybridized carbons (Fsp3) is 0.444. The number of nitrogens with zero attached hydrogens (tertiary/aromatic N) is 1. The van der Waals surface area contributed by atoms with Crippen molar-refractivity contribution in [3.8, 4) is 5.75 Å². The summed E-state index contributed by atoms with van der Waals surface area (Å²) in [5.74, 6) is -0.144. The molecule has 0 aromatic heterocycles. The first-order valence-corrected chi connectivity index (χ1v) is 12.0. The van der Waals surface area contributed by atoms with Crippen LogP contribution in [0.5, 0.6) is 5.75 Å². The number of hydrogen-bond donors (Lipinski definition) is 2. The zero-order valence-corrected chi connectivity index (χ0v) is 20.3. The van der Waals surface area contributed by atoms with Gasteiger partial charge in [-0.3, -0.25) is 14.4 Å². The zero-order valence-electron chi connectivity index (χ0n) is 20.3. The van der Waals surface area contributed by atoms with Gasteiger partial charge in [-0.2, -0.15) is 0 Å². The minimum atomic E-state index is -1.15. The van der Waals surface area contributed by atoms with Crippen LogP contribution in [-0.2, 0) is 20.9 Å². The summed E-state index contributed by atoms with van der Waals surface area (Å²) < 4.78 is 12.1. The van der Waals surface area contributed by atoms with Gasteiger partial charge in [-0.25, -0.2) is 0 Å². The lowest BCUT2D eigenvalue weighted by atomic mass is 9.83. The van der Waals surface area contributed by atoms with Crippen LogP contribution < -0.4 is 15.8 Å².